The average Bonchev–Trinajstić information content (AvgIpc) is 3.00. The van der Waals surface area contributed by atoms with E-state index in [9.17, 15) is 0 Å². The Bertz CT molecular complexity index is 606. The lowest BCUT2D eigenvalue weighted by Gasteiger charge is -2.17. The van der Waals surface area contributed by atoms with E-state index >= 15 is 0 Å². The van der Waals surface area contributed by atoms with E-state index in [-0.39, 0.29) is 0 Å². The number of aryl methyl sites for hydroxylation is 1. The summed E-state index contributed by atoms with van der Waals surface area (Å²) in [4.78, 5) is 11.4. The lowest BCUT2D eigenvalue weighted by molar-refractivity contribution is 0.915. The second-order valence-electron chi connectivity index (χ2n) is 5.37. The highest BCUT2D eigenvalue weighted by Gasteiger charge is 2.14. The molecule has 2 heterocycles. The highest BCUT2D eigenvalue weighted by atomic mass is 35.5. The molecule has 1 aliphatic rings. The van der Waals surface area contributed by atoms with Gasteiger partial charge < -0.3 is 10.2 Å². The van der Waals surface area contributed by atoms with Crippen molar-refractivity contribution in [1.82, 2.24) is 9.97 Å². The minimum absolute atomic E-state index is 0.687. The zero-order valence-electron chi connectivity index (χ0n) is 12.1. The Labute approximate surface area is 130 Å². The first-order chi connectivity index (χ1) is 10.2. The molecule has 2 aromatic rings. The number of nitrogens with zero attached hydrogens (tertiary/aromatic N) is 3. The maximum Gasteiger partial charge on any atom is 0.225 e. The number of anilines is 2. The second-order valence-corrected chi connectivity index (χ2v) is 5.80. The SMILES string of the molecule is Cc1cc(N2CCCC2)nc(NCc2ccc(Cl)cc2)n1. The van der Waals surface area contributed by atoms with Crippen LogP contribution >= 0.6 is 11.6 Å². The maximum atomic E-state index is 5.89. The topological polar surface area (TPSA) is 41.1 Å². The molecule has 0 amide bonds. The summed E-state index contributed by atoms with van der Waals surface area (Å²) in [5.41, 5.74) is 2.15. The van der Waals surface area contributed by atoms with E-state index in [0.29, 0.717) is 12.5 Å². The first-order valence-corrected chi connectivity index (χ1v) is 7.67. The molecule has 1 aliphatic heterocycles. The van der Waals surface area contributed by atoms with Crippen LogP contribution in [-0.2, 0) is 6.54 Å². The van der Waals surface area contributed by atoms with Crippen LogP contribution in [0.25, 0.3) is 0 Å². The Morgan fingerprint density at radius 3 is 2.57 bits per heavy atom. The van der Waals surface area contributed by atoms with E-state index in [1.165, 1.54) is 12.8 Å². The van der Waals surface area contributed by atoms with Crippen molar-refractivity contribution in [3.05, 3.63) is 46.6 Å². The first kappa shape index (κ1) is 14.1. The third-order valence-corrected chi connectivity index (χ3v) is 3.89. The van der Waals surface area contributed by atoms with Crippen molar-refractivity contribution in [1.29, 1.82) is 0 Å². The molecule has 110 valence electrons. The van der Waals surface area contributed by atoms with Crippen LogP contribution in [0.15, 0.2) is 30.3 Å². The molecule has 0 saturated carbocycles. The Balaban J connectivity index is 1.71. The van der Waals surface area contributed by atoms with Crippen LogP contribution in [0.3, 0.4) is 0 Å². The molecule has 0 atom stereocenters. The van der Waals surface area contributed by atoms with Gasteiger partial charge in [0.15, 0.2) is 0 Å². The highest BCUT2D eigenvalue weighted by molar-refractivity contribution is 6.30. The fourth-order valence-corrected chi connectivity index (χ4v) is 2.65. The molecule has 5 heteroatoms. The Hall–Kier alpha value is -1.81. The molecule has 0 spiro atoms. The van der Waals surface area contributed by atoms with Gasteiger partial charge in [0.05, 0.1) is 0 Å². The summed E-state index contributed by atoms with van der Waals surface area (Å²) in [5.74, 6) is 1.71. The summed E-state index contributed by atoms with van der Waals surface area (Å²) in [6.07, 6.45) is 2.49. The first-order valence-electron chi connectivity index (χ1n) is 7.30. The Kier molecular flexibility index (Phi) is 4.25. The fraction of sp³-hybridized carbons (Fsp3) is 0.375. The summed E-state index contributed by atoms with van der Waals surface area (Å²) in [6, 6.07) is 9.86. The number of benzene rings is 1. The maximum absolute atomic E-state index is 5.89. The number of nitrogens with one attached hydrogen (secondary N) is 1. The van der Waals surface area contributed by atoms with Crippen molar-refractivity contribution < 1.29 is 0 Å². The van der Waals surface area contributed by atoms with Gasteiger partial charge in [0.25, 0.3) is 0 Å². The summed E-state index contributed by atoms with van der Waals surface area (Å²) < 4.78 is 0. The summed E-state index contributed by atoms with van der Waals surface area (Å²) in [5, 5.41) is 4.04. The van der Waals surface area contributed by atoms with Crippen LogP contribution in [0, 0.1) is 6.92 Å². The van der Waals surface area contributed by atoms with E-state index in [4.69, 9.17) is 11.6 Å². The lowest BCUT2D eigenvalue weighted by atomic mass is 10.2. The third kappa shape index (κ3) is 3.64. The smallest absolute Gasteiger partial charge is 0.225 e. The van der Waals surface area contributed by atoms with Crippen molar-refractivity contribution in [2.24, 2.45) is 0 Å². The molecule has 0 radical (unpaired) electrons. The van der Waals surface area contributed by atoms with Crippen molar-refractivity contribution in [2.75, 3.05) is 23.3 Å². The number of hydrogen-bond acceptors (Lipinski definition) is 4. The van der Waals surface area contributed by atoms with E-state index in [0.717, 1.165) is 35.2 Å². The zero-order chi connectivity index (χ0) is 14.7. The van der Waals surface area contributed by atoms with Crippen molar-refractivity contribution in [3.8, 4) is 0 Å². The van der Waals surface area contributed by atoms with E-state index in [1.54, 1.807) is 0 Å². The molecule has 1 N–H and O–H groups in total. The van der Waals surface area contributed by atoms with Crippen LogP contribution in [-0.4, -0.2) is 23.1 Å². The monoisotopic (exact) mass is 302 g/mol. The average molecular weight is 303 g/mol. The normalized spacial score (nSPS) is 14.5. The number of hydrogen-bond donors (Lipinski definition) is 1. The molecule has 3 rings (SSSR count). The van der Waals surface area contributed by atoms with E-state index in [1.807, 2.05) is 31.2 Å². The van der Waals surface area contributed by atoms with Crippen LogP contribution in [0.2, 0.25) is 5.02 Å². The van der Waals surface area contributed by atoms with Gasteiger partial charge >= 0.3 is 0 Å². The predicted molar refractivity (Wildman–Crippen MR) is 87.0 cm³/mol. The van der Waals surface area contributed by atoms with Crippen molar-refractivity contribution in [2.45, 2.75) is 26.3 Å². The quantitative estimate of drug-likeness (QED) is 0.936. The predicted octanol–water partition coefficient (Wildman–Crippen LogP) is 3.65. The molecule has 1 saturated heterocycles. The molecular weight excluding hydrogens is 284 g/mol. The zero-order valence-corrected chi connectivity index (χ0v) is 12.9. The van der Waals surface area contributed by atoms with Crippen LogP contribution in [0.5, 0.6) is 0 Å². The molecule has 0 aliphatic carbocycles. The van der Waals surface area contributed by atoms with Gasteiger partial charge in [-0.15, -0.1) is 0 Å². The summed E-state index contributed by atoms with van der Waals surface area (Å²) in [6.45, 7) is 4.88. The Morgan fingerprint density at radius 2 is 1.86 bits per heavy atom. The highest BCUT2D eigenvalue weighted by Crippen LogP contribution is 2.20. The van der Waals surface area contributed by atoms with Crippen LogP contribution in [0.4, 0.5) is 11.8 Å². The number of halogens is 1. The molecular formula is C16H19ClN4. The molecule has 1 aromatic carbocycles. The molecule has 4 nitrogen and oxygen atoms in total. The summed E-state index contributed by atoms with van der Waals surface area (Å²) in [7, 11) is 0. The number of rotatable bonds is 4. The molecule has 0 bridgehead atoms. The van der Waals surface area contributed by atoms with Crippen molar-refractivity contribution in [3.63, 3.8) is 0 Å². The third-order valence-electron chi connectivity index (χ3n) is 3.63. The van der Waals surface area contributed by atoms with E-state index in [2.05, 4.69) is 26.3 Å². The minimum Gasteiger partial charge on any atom is -0.356 e. The standard InChI is InChI=1S/C16H19ClN4/c1-12-10-15(21-8-2-3-9-21)20-16(19-12)18-11-13-4-6-14(17)7-5-13/h4-7,10H,2-3,8-9,11H2,1H3,(H,18,19,20). The fourth-order valence-electron chi connectivity index (χ4n) is 2.52. The Morgan fingerprint density at radius 1 is 1.14 bits per heavy atom. The second kappa shape index (κ2) is 6.31. The molecule has 1 fully saturated rings. The van der Waals surface area contributed by atoms with Gasteiger partial charge in [-0.05, 0) is 37.5 Å². The van der Waals surface area contributed by atoms with Gasteiger partial charge in [0.1, 0.15) is 5.82 Å². The van der Waals surface area contributed by atoms with Crippen LogP contribution < -0.4 is 10.2 Å². The van der Waals surface area contributed by atoms with E-state index < -0.39 is 0 Å². The van der Waals surface area contributed by atoms with Gasteiger partial charge in [0.2, 0.25) is 5.95 Å². The largest absolute Gasteiger partial charge is 0.356 e. The number of aromatic nitrogens is 2. The lowest BCUT2D eigenvalue weighted by Crippen LogP contribution is -2.20. The van der Waals surface area contributed by atoms with Gasteiger partial charge in [-0.1, -0.05) is 23.7 Å². The van der Waals surface area contributed by atoms with Gasteiger partial charge in [0, 0.05) is 36.4 Å². The van der Waals surface area contributed by atoms with Gasteiger partial charge in [-0.25, -0.2) is 4.98 Å². The minimum atomic E-state index is 0.687. The van der Waals surface area contributed by atoms with Gasteiger partial charge in [-0.3, -0.25) is 0 Å². The molecule has 21 heavy (non-hydrogen) atoms. The summed E-state index contributed by atoms with van der Waals surface area (Å²) >= 11 is 5.89. The molecule has 0 unspecified atom stereocenters. The van der Waals surface area contributed by atoms with Crippen molar-refractivity contribution >= 4 is 23.4 Å². The van der Waals surface area contributed by atoms with Gasteiger partial charge in [-0.2, -0.15) is 4.98 Å². The molecule has 1 aromatic heterocycles. The van der Waals surface area contributed by atoms with Crippen LogP contribution in [0.1, 0.15) is 24.1 Å².